The maximum absolute atomic E-state index is 12.9. The smallest absolute Gasteiger partial charge is 0.326 e. The Bertz CT molecular complexity index is 714. The largest absolute Gasteiger partial charge is 0.365 e. The van der Waals surface area contributed by atoms with Gasteiger partial charge in [-0.05, 0) is 11.1 Å². The van der Waals surface area contributed by atoms with Gasteiger partial charge in [0, 0.05) is 33.0 Å². The number of carbonyl (C=O) groups is 2. The number of imide groups is 1. The molecule has 1 saturated carbocycles. The summed E-state index contributed by atoms with van der Waals surface area (Å²) in [6.45, 7) is 0. The van der Waals surface area contributed by atoms with Crippen LogP contribution in [0.2, 0.25) is 0 Å². The summed E-state index contributed by atoms with van der Waals surface area (Å²) in [6, 6.07) is 7.56. The summed E-state index contributed by atoms with van der Waals surface area (Å²) in [7, 11) is 4.84. The van der Waals surface area contributed by atoms with E-state index < -0.39 is 5.60 Å². The summed E-state index contributed by atoms with van der Waals surface area (Å²) in [6.07, 6.45) is 4.19. The molecular weight excluding hydrogens is 280 g/mol. The van der Waals surface area contributed by atoms with E-state index in [1.165, 1.54) is 11.9 Å². The van der Waals surface area contributed by atoms with Crippen molar-refractivity contribution in [2.45, 2.75) is 17.6 Å². The second kappa shape index (κ2) is 4.20. The Morgan fingerprint density at radius 1 is 1.18 bits per heavy atom. The lowest BCUT2D eigenvalue weighted by molar-refractivity contribution is -0.204. The van der Waals surface area contributed by atoms with E-state index in [9.17, 15) is 9.59 Å². The zero-order valence-corrected chi connectivity index (χ0v) is 12.8. The monoisotopic (exact) mass is 298 g/mol. The van der Waals surface area contributed by atoms with Crippen LogP contribution in [0, 0.1) is 5.92 Å². The molecule has 5 heteroatoms. The Labute approximate surface area is 129 Å². The fourth-order valence-electron chi connectivity index (χ4n) is 4.48. The molecule has 1 aromatic rings. The molecule has 5 nitrogen and oxygen atoms in total. The van der Waals surface area contributed by atoms with E-state index in [-0.39, 0.29) is 29.8 Å². The summed E-state index contributed by atoms with van der Waals surface area (Å²) < 4.78 is 5.79. The molecule has 22 heavy (non-hydrogen) atoms. The maximum atomic E-state index is 12.9. The van der Waals surface area contributed by atoms with Crippen molar-refractivity contribution in [3.8, 4) is 0 Å². The summed E-state index contributed by atoms with van der Waals surface area (Å²) in [5.41, 5.74) is 1.26. The molecular formula is C17H18N2O3. The quantitative estimate of drug-likeness (QED) is 0.793. The van der Waals surface area contributed by atoms with Gasteiger partial charge in [0.15, 0.2) is 5.60 Å². The first-order valence-corrected chi connectivity index (χ1v) is 7.41. The van der Waals surface area contributed by atoms with Gasteiger partial charge in [0.2, 0.25) is 0 Å². The predicted molar refractivity (Wildman–Crippen MR) is 81.2 cm³/mol. The summed E-state index contributed by atoms with van der Waals surface area (Å²) >= 11 is 0. The third-order valence-corrected chi connectivity index (χ3v) is 5.46. The third-order valence-electron chi connectivity index (χ3n) is 5.46. The number of likely N-dealkylation sites (N-methyl/N-ethyl adjacent to an activating group) is 2. The van der Waals surface area contributed by atoms with Crippen LogP contribution in [0.3, 0.4) is 0 Å². The fourth-order valence-corrected chi connectivity index (χ4v) is 4.48. The Morgan fingerprint density at radius 2 is 1.91 bits per heavy atom. The number of rotatable bonds is 1. The number of benzene rings is 1. The van der Waals surface area contributed by atoms with E-state index in [0.29, 0.717) is 0 Å². The lowest BCUT2D eigenvalue weighted by Crippen LogP contribution is -2.81. The number of hydrogen-bond donors (Lipinski definition) is 0. The molecule has 4 rings (SSSR count). The molecule has 3 aliphatic rings. The number of ether oxygens (including phenoxy) is 1. The van der Waals surface area contributed by atoms with Crippen LogP contribution in [-0.2, 0) is 9.53 Å². The molecule has 0 unspecified atom stereocenters. The maximum Gasteiger partial charge on any atom is 0.326 e. The predicted octanol–water partition coefficient (Wildman–Crippen LogP) is 1.70. The first-order valence-electron chi connectivity index (χ1n) is 7.41. The summed E-state index contributed by atoms with van der Waals surface area (Å²) in [5, 5.41) is 0. The minimum absolute atomic E-state index is 0.0470. The number of nitrogens with zero attached hydrogens (tertiary/aromatic N) is 2. The fraction of sp³-hybridized carbons (Fsp3) is 0.412. The average Bonchev–Trinajstić information content (AvgIpc) is 2.52. The average molecular weight is 298 g/mol. The van der Waals surface area contributed by atoms with E-state index in [1.807, 2.05) is 18.2 Å². The van der Waals surface area contributed by atoms with Crippen molar-refractivity contribution in [2.24, 2.45) is 5.92 Å². The van der Waals surface area contributed by atoms with E-state index >= 15 is 0 Å². The van der Waals surface area contributed by atoms with Crippen LogP contribution in [0.5, 0.6) is 0 Å². The Kier molecular flexibility index (Phi) is 2.58. The summed E-state index contributed by atoms with van der Waals surface area (Å²) in [5.74, 6) is -0.176. The molecule has 1 aliphatic heterocycles. The van der Waals surface area contributed by atoms with Crippen LogP contribution < -0.4 is 0 Å². The number of carbonyl (C=O) groups excluding carboxylic acids is 2. The van der Waals surface area contributed by atoms with Gasteiger partial charge in [-0.2, -0.15) is 0 Å². The molecule has 4 atom stereocenters. The van der Waals surface area contributed by atoms with E-state index in [1.54, 1.807) is 19.1 Å². The highest BCUT2D eigenvalue weighted by Crippen LogP contribution is 2.60. The highest BCUT2D eigenvalue weighted by atomic mass is 16.5. The minimum atomic E-state index is -0.983. The van der Waals surface area contributed by atoms with Crippen molar-refractivity contribution in [1.82, 2.24) is 9.80 Å². The molecule has 1 heterocycles. The van der Waals surface area contributed by atoms with Crippen LogP contribution in [-0.4, -0.2) is 54.6 Å². The third kappa shape index (κ3) is 1.28. The van der Waals surface area contributed by atoms with Gasteiger partial charge >= 0.3 is 6.03 Å². The van der Waals surface area contributed by atoms with Gasteiger partial charge in [0.05, 0.1) is 6.04 Å². The van der Waals surface area contributed by atoms with E-state index in [4.69, 9.17) is 4.74 Å². The second-order valence-electron chi connectivity index (χ2n) is 6.24. The molecule has 2 aliphatic carbocycles. The van der Waals surface area contributed by atoms with Crippen molar-refractivity contribution in [3.63, 3.8) is 0 Å². The van der Waals surface area contributed by atoms with Gasteiger partial charge in [0.25, 0.3) is 5.91 Å². The van der Waals surface area contributed by atoms with Crippen molar-refractivity contribution in [3.05, 3.63) is 41.5 Å². The van der Waals surface area contributed by atoms with Crippen molar-refractivity contribution < 1.29 is 14.3 Å². The second-order valence-corrected chi connectivity index (χ2v) is 6.24. The lowest BCUT2D eigenvalue weighted by Gasteiger charge is -2.64. The van der Waals surface area contributed by atoms with Crippen LogP contribution in [0.15, 0.2) is 30.3 Å². The molecule has 0 spiro atoms. The highest BCUT2D eigenvalue weighted by molar-refractivity contribution is 6.04. The number of amides is 3. The van der Waals surface area contributed by atoms with Gasteiger partial charge in [-0.25, -0.2) is 4.79 Å². The lowest BCUT2D eigenvalue weighted by atomic mass is 9.51. The van der Waals surface area contributed by atoms with Crippen molar-refractivity contribution in [1.29, 1.82) is 0 Å². The topological polar surface area (TPSA) is 49.9 Å². The van der Waals surface area contributed by atoms with E-state index in [0.717, 1.165) is 11.1 Å². The molecule has 2 fully saturated rings. The van der Waals surface area contributed by atoms with Gasteiger partial charge in [-0.3, -0.25) is 9.69 Å². The van der Waals surface area contributed by atoms with Gasteiger partial charge < -0.3 is 9.64 Å². The SMILES string of the molecule is CO[C@@]12C(=O)N(C)C(=O)N(C)[C@@H]1[C@@H]1C=Cc3ccccc3[C@@H]12. The molecule has 1 aromatic carbocycles. The molecule has 114 valence electrons. The minimum Gasteiger partial charge on any atom is -0.365 e. The van der Waals surface area contributed by atoms with Crippen LogP contribution in [0.4, 0.5) is 4.79 Å². The first kappa shape index (κ1) is 13.5. The molecule has 0 N–H and O–H groups in total. The highest BCUT2D eigenvalue weighted by Gasteiger charge is 2.72. The molecule has 3 amide bonds. The van der Waals surface area contributed by atoms with Crippen LogP contribution in [0.25, 0.3) is 6.08 Å². The van der Waals surface area contributed by atoms with Crippen molar-refractivity contribution in [2.75, 3.05) is 21.2 Å². The van der Waals surface area contributed by atoms with Crippen LogP contribution in [0.1, 0.15) is 17.0 Å². The Hall–Kier alpha value is -2.14. The first-order chi connectivity index (χ1) is 10.5. The zero-order chi connectivity index (χ0) is 15.6. The molecule has 1 saturated heterocycles. The normalized spacial score (nSPS) is 35.7. The van der Waals surface area contributed by atoms with Gasteiger partial charge in [0.1, 0.15) is 0 Å². The Morgan fingerprint density at radius 3 is 2.64 bits per heavy atom. The zero-order valence-electron chi connectivity index (χ0n) is 12.8. The van der Waals surface area contributed by atoms with Gasteiger partial charge in [-0.15, -0.1) is 0 Å². The number of hydrogen-bond acceptors (Lipinski definition) is 3. The number of fused-ring (bicyclic) bond motifs is 6. The molecule has 0 bridgehead atoms. The van der Waals surface area contributed by atoms with Crippen molar-refractivity contribution >= 4 is 18.0 Å². The molecule has 0 aromatic heterocycles. The van der Waals surface area contributed by atoms with Crippen LogP contribution >= 0.6 is 0 Å². The van der Waals surface area contributed by atoms with E-state index in [2.05, 4.69) is 18.2 Å². The standard InChI is InChI=1S/C17H18N2O3/c1-18-14-12-9-8-10-6-4-5-7-11(10)13(12)17(14,22-3)15(20)19(2)16(18)21/h4-9,12-14H,1-3H3/t12-,13+,14-,17-/m1/s1. The summed E-state index contributed by atoms with van der Waals surface area (Å²) in [4.78, 5) is 28.0. The molecule has 0 radical (unpaired) electrons. The van der Waals surface area contributed by atoms with Gasteiger partial charge in [-0.1, -0.05) is 36.4 Å². The number of methoxy groups -OCH3 is 1. The number of urea groups is 1. The Balaban J connectivity index is 1.90.